The Balaban J connectivity index is 2.67. The average molecular weight is 267 g/mol. The second-order valence-corrected chi connectivity index (χ2v) is 6.20. The van der Waals surface area contributed by atoms with Gasteiger partial charge in [-0.3, -0.25) is 0 Å². The molecule has 1 aromatic carbocycles. The van der Waals surface area contributed by atoms with Crippen molar-refractivity contribution in [2.24, 2.45) is 0 Å². The van der Waals surface area contributed by atoms with E-state index in [-0.39, 0.29) is 6.04 Å². The SMILES string of the molecule is C/C=C\CC[C@H](C)NS(=O)(=O)c1ccc(C)cc1. The predicted molar refractivity (Wildman–Crippen MR) is 75.0 cm³/mol. The van der Waals surface area contributed by atoms with Crippen molar-refractivity contribution in [2.45, 2.75) is 44.6 Å². The van der Waals surface area contributed by atoms with Gasteiger partial charge in [0.1, 0.15) is 0 Å². The van der Waals surface area contributed by atoms with Crippen molar-refractivity contribution in [3.63, 3.8) is 0 Å². The number of allylic oxidation sites excluding steroid dienone is 2. The fraction of sp³-hybridized carbons (Fsp3) is 0.429. The summed E-state index contributed by atoms with van der Waals surface area (Å²) in [6.45, 7) is 5.78. The fourth-order valence-electron chi connectivity index (χ4n) is 1.62. The van der Waals surface area contributed by atoms with E-state index in [1.807, 2.05) is 32.9 Å². The summed E-state index contributed by atoms with van der Waals surface area (Å²) in [4.78, 5) is 0.325. The molecule has 0 saturated carbocycles. The van der Waals surface area contributed by atoms with Crippen LogP contribution in [0.1, 0.15) is 32.3 Å². The summed E-state index contributed by atoms with van der Waals surface area (Å²) >= 11 is 0. The molecule has 0 aliphatic rings. The maximum absolute atomic E-state index is 12.1. The molecule has 1 atom stereocenters. The van der Waals surface area contributed by atoms with Gasteiger partial charge < -0.3 is 0 Å². The minimum Gasteiger partial charge on any atom is -0.208 e. The number of aryl methyl sites for hydroxylation is 1. The quantitative estimate of drug-likeness (QED) is 0.805. The molecule has 0 fully saturated rings. The highest BCUT2D eigenvalue weighted by molar-refractivity contribution is 7.89. The van der Waals surface area contributed by atoms with Gasteiger partial charge in [0.2, 0.25) is 10.0 Å². The summed E-state index contributed by atoms with van der Waals surface area (Å²) in [5, 5.41) is 0. The third kappa shape index (κ3) is 4.63. The first-order valence-corrected chi connectivity index (χ1v) is 7.64. The van der Waals surface area contributed by atoms with E-state index in [1.165, 1.54) is 0 Å². The van der Waals surface area contributed by atoms with E-state index < -0.39 is 10.0 Å². The average Bonchev–Trinajstić information content (AvgIpc) is 2.29. The van der Waals surface area contributed by atoms with Crippen LogP contribution in [0.2, 0.25) is 0 Å². The normalized spacial score (nSPS) is 13.9. The number of sulfonamides is 1. The summed E-state index contributed by atoms with van der Waals surface area (Å²) in [5.41, 5.74) is 1.05. The summed E-state index contributed by atoms with van der Waals surface area (Å²) in [5.74, 6) is 0. The third-order valence-electron chi connectivity index (χ3n) is 2.69. The first-order chi connectivity index (χ1) is 8.45. The van der Waals surface area contributed by atoms with Gasteiger partial charge >= 0.3 is 0 Å². The second kappa shape index (κ2) is 6.71. The molecular weight excluding hydrogens is 246 g/mol. The van der Waals surface area contributed by atoms with E-state index in [4.69, 9.17) is 0 Å². The monoisotopic (exact) mass is 267 g/mol. The molecule has 0 radical (unpaired) electrons. The Labute approximate surface area is 110 Å². The summed E-state index contributed by atoms with van der Waals surface area (Å²) in [6, 6.07) is 6.82. The maximum Gasteiger partial charge on any atom is 0.240 e. The molecule has 0 spiro atoms. The van der Waals surface area contributed by atoms with Crippen LogP contribution in [-0.4, -0.2) is 14.5 Å². The van der Waals surface area contributed by atoms with Crippen molar-refractivity contribution >= 4 is 10.0 Å². The lowest BCUT2D eigenvalue weighted by Crippen LogP contribution is -2.32. The Morgan fingerprint density at radius 1 is 1.28 bits per heavy atom. The van der Waals surface area contributed by atoms with Crippen LogP contribution in [0.3, 0.4) is 0 Å². The van der Waals surface area contributed by atoms with Gasteiger partial charge in [-0.05, 0) is 45.7 Å². The molecule has 1 aromatic rings. The zero-order valence-electron chi connectivity index (χ0n) is 11.2. The zero-order valence-corrected chi connectivity index (χ0v) is 12.0. The molecule has 0 aliphatic heterocycles. The number of rotatable bonds is 6. The molecule has 0 bridgehead atoms. The number of nitrogens with one attached hydrogen (secondary N) is 1. The molecule has 0 heterocycles. The van der Waals surface area contributed by atoms with Crippen LogP contribution in [-0.2, 0) is 10.0 Å². The van der Waals surface area contributed by atoms with Crippen LogP contribution in [0.15, 0.2) is 41.3 Å². The lowest BCUT2D eigenvalue weighted by Gasteiger charge is -2.13. The lowest BCUT2D eigenvalue weighted by atomic mass is 10.2. The zero-order chi connectivity index (χ0) is 13.6. The summed E-state index contributed by atoms with van der Waals surface area (Å²) in [6.07, 6.45) is 5.70. The molecule has 0 saturated heterocycles. The minimum absolute atomic E-state index is 0.0625. The van der Waals surface area contributed by atoms with Gasteiger partial charge in [0.05, 0.1) is 4.90 Å². The van der Waals surface area contributed by atoms with Gasteiger partial charge in [-0.15, -0.1) is 0 Å². The Hall–Kier alpha value is -1.13. The van der Waals surface area contributed by atoms with Crippen LogP contribution < -0.4 is 4.72 Å². The molecule has 100 valence electrons. The van der Waals surface area contributed by atoms with Crippen molar-refractivity contribution in [3.8, 4) is 0 Å². The number of hydrogen-bond donors (Lipinski definition) is 1. The van der Waals surface area contributed by atoms with Gasteiger partial charge in [0.25, 0.3) is 0 Å². The van der Waals surface area contributed by atoms with Crippen LogP contribution in [0.4, 0.5) is 0 Å². The highest BCUT2D eigenvalue weighted by atomic mass is 32.2. The first kappa shape index (κ1) is 14.9. The van der Waals surface area contributed by atoms with Gasteiger partial charge in [-0.25, -0.2) is 13.1 Å². The molecule has 1 N–H and O–H groups in total. The topological polar surface area (TPSA) is 46.2 Å². The molecule has 0 unspecified atom stereocenters. The fourth-order valence-corrected chi connectivity index (χ4v) is 2.90. The molecule has 18 heavy (non-hydrogen) atoms. The molecule has 0 aliphatic carbocycles. The molecule has 0 amide bonds. The highest BCUT2D eigenvalue weighted by Crippen LogP contribution is 2.11. The van der Waals surface area contributed by atoms with E-state index in [0.29, 0.717) is 4.90 Å². The van der Waals surface area contributed by atoms with Crippen LogP contribution in [0.25, 0.3) is 0 Å². The van der Waals surface area contributed by atoms with E-state index in [0.717, 1.165) is 18.4 Å². The van der Waals surface area contributed by atoms with Gasteiger partial charge in [0.15, 0.2) is 0 Å². The van der Waals surface area contributed by atoms with Crippen LogP contribution >= 0.6 is 0 Å². The molecule has 0 aromatic heterocycles. The molecule has 3 nitrogen and oxygen atoms in total. The molecule has 4 heteroatoms. The largest absolute Gasteiger partial charge is 0.240 e. The van der Waals surface area contributed by atoms with Crippen molar-refractivity contribution in [3.05, 3.63) is 42.0 Å². The molecule has 1 rings (SSSR count). The number of hydrogen-bond acceptors (Lipinski definition) is 2. The van der Waals surface area contributed by atoms with Crippen molar-refractivity contribution in [1.29, 1.82) is 0 Å². The van der Waals surface area contributed by atoms with Crippen molar-refractivity contribution in [2.75, 3.05) is 0 Å². The Kier molecular flexibility index (Phi) is 5.56. The lowest BCUT2D eigenvalue weighted by molar-refractivity contribution is 0.549. The van der Waals surface area contributed by atoms with Crippen molar-refractivity contribution in [1.82, 2.24) is 4.72 Å². The van der Waals surface area contributed by atoms with Gasteiger partial charge in [-0.2, -0.15) is 0 Å². The van der Waals surface area contributed by atoms with Gasteiger partial charge in [0, 0.05) is 6.04 Å². The predicted octanol–water partition coefficient (Wildman–Crippen LogP) is 3.02. The number of benzene rings is 1. The standard InChI is InChI=1S/C14H21NO2S/c1-4-5-6-7-13(3)15-18(16,17)14-10-8-12(2)9-11-14/h4-5,8-11,13,15H,6-7H2,1-3H3/b5-4-/t13-/m0/s1. The maximum atomic E-state index is 12.1. The van der Waals surface area contributed by atoms with Crippen LogP contribution in [0.5, 0.6) is 0 Å². The smallest absolute Gasteiger partial charge is 0.208 e. The van der Waals surface area contributed by atoms with E-state index in [2.05, 4.69) is 4.72 Å². The first-order valence-electron chi connectivity index (χ1n) is 6.16. The minimum atomic E-state index is -3.39. The van der Waals surface area contributed by atoms with E-state index >= 15 is 0 Å². The van der Waals surface area contributed by atoms with E-state index in [1.54, 1.807) is 24.3 Å². The third-order valence-corrected chi connectivity index (χ3v) is 4.30. The second-order valence-electron chi connectivity index (χ2n) is 4.48. The summed E-state index contributed by atoms with van der Waals surface area (Å²) in [7, 11) is -3.39. The van der Waals surface area contributed by atoms with Crippen LogP contribution in [0, 0.1) is 6.92 Å². The Bertz CT molecular complexity index is 489. The van der Waals surface area contributed by atoms with E-state index in [9.17, 15) is 8.42 Å². The summed E-state index contributed by atoms with van der Waals surface area (Å²) < 4.78 is 26.8. The molecular formula is C14H21NO2S. The highest BCUT2D eigenvalue weighted by Gasteiger charge is 2.16. The van der Waals surface area contributed by atoms with Gasteiger partial charge in [-0.1, -0.05) is 29.8 Å². The van der Waals surface area contributed by atoms with Crippen molar-refractivity contribution < 1.29 is 8.42 Å². The Morgan fingerprint density at radius 3 is 2.44 bits per heavy atom. The Morgan fingerprint density at radius 2 is 1.89 bits per heavy atom.